The Kier molecular flexibility index (Phi) is 10.1. The first kappa shape index (κ1) is 44.6. The average molecular weight is 870 g/mol. The van der Waals surface area contributed by atoms with Crippen molar-refractivity contribution in [2.24, 2.45) is 0 Å². The Labute approximate surface area is 370 Å². The quantitative estimate of drug-likeness (QED) is 0.163. The molecule has 0 aliphatic rings. The van der Waals surface area contributed by atoms with Crippen molar-refractivity contribution in [3.05, 3.63) is 142 Å². The minimum Gasteiger partial charge on any atom is -0.307 e. The van der Waals surface area contributed by atoms with Crippen LogP contribution in [0.25, 0.3) is 66.1 Å². The number of aromatic nitrogens is 2. The molecule has 330 valence electrons. The molecule has 0 unspecified atom stereocenters. The molecular weight excluding hydrogens is 817 g/mol. The molecule has 0 bridgehead atoms. The van der Waals surface area contributed by atoms with E-state index in [-0.39, 0.29) is 44.4 Å². The van der Waals surface area contributed by atoms with E-state index in [0.717, 1.165) is 65.9 Å². The highest BCUT2D eigenvalue weighted by Crippen LogP contribution is 2.46. The number of hydrogen-bond acceptors (Lipinski definition) is 1. The third-order valence-electron chi connectivity index (χ3n) is 12.6. The van der Waals surface area contributed by atoms with Gasteiger partial charge in [-0.15, -0.1) is 0 Å². The molecule has 64 heavy (non-hydrogen) atoms. The minimum absolute atomic E-state index is 0.0571. The first-order valence-electron chi connectivity index (χ1n) is 21.5. The molecule has 9 heteroatoms. The first-order chi connectivity index (χ1) is 29.5. The van der Waals surface area contributed by atoms with Crippen LogP contribution in [0, 0.1) is 11.3 Å². The van der Waals surface area contributed by atoms with Crippen LogP contribution in [0.2, 0.25) is 0 Å². The van der Waals surface area contributed by atoms with Gasteiger partial charge in [0.05, 0.1) is 56.2 Å². The second kappa shape index (κ2) is 14.5. The molecule has 8 aromatic rings. The molecule has 6 aromatic carbocycles. The van der Waals surface area contributed by atoms with Crippen molar-refractivity contribution in [3.8, 4) is 28.6 Å². The van der Waals surface area contributed by atoms with Gasteiger partial charge in [-0.2, -0.15) is 31.6 Å². The molecule has 0 N–H and O–H groups in total. The summed E-state index contributed by atoms with van der Waals surface area (Å²) >= 11 is 0. The van der Waals surface area contributed by atoms with Crippen LogP contribution >= 0.6 is 0 Å². The standard InChI is InChI=1S/C55H53F6N3/c1-50(2,3)33-13-17-39-40-18-14-34(51(4,5)6)26-45(40)63(44(39)25-33)48-23-32(30-62)43(31-21-37(54(56,57)58)24-38(22-31)55(59,60)61)29-49(48)64-46-27-35(52(7,8)9)15-19-41(46)42-20-16-36(28-47(42)64)53(10,11)12/h13-29H,1-12H3. The van der Waals surface area contributed by atoms with E-state index in [1.165, 1.54) is 0 Å². The van der Waals surface area contributed by atoms with Crippen molar-refractivity contribution in [1.82, 2.24) is 9.13 Å². The Morgan fingerprint density at radius 1 is 0.375 bits per heavy atom. The van der Waals surface area contributed by atoms with Crippen LogP contribution < -0.4 is 0 Å². The fourth-order valence-corrected chi connectivity index (χ4v) is 8.80. The second-order valence-corrected chi connectivity index (χ2v) is 21.4. The summed E-state index contributed by atoms with van der Waals surface area (Å²) in [6.07, 6.45) is -10.2. The lowest BCUT2D eigenvalue weighted by Gasteiger charge is -2.24. The highest BCUT2D eigenvalue weighted by Gasteiger charge is 2.38. The molecule has 0 aliphatic carbocycles. The summed E-state index contributed by atoms with van der Waals surface area (Å²) in [7, 11) is 0. The van der Waals surface area contributed by atoms with Gasteiger partial charge in [-0.3, -0.25) is 0 Å². The highest BCUT2D eigenvalue weighted by atomic mass is 19.4. The predicted octanol–water partition coefficient (Wildman–Crippen LogP) is 16.6. The van der Waals surface area contributed by atoms with E-state index in [1.54, 1.807) is 12.1 Å². The fourth-order valence-electron chi connectivity index (χ4n) is 8.80. The van der Waals surface area contributed by atoms with E-state index < -0.39 is 23.5 Å². The van der Waals surface area contributed by atoms with Crippen LogP contribution in [0.5, 0.6) is 0 Å². The van der Waals surface area contributed by atoms with Crippen LogP contribution in [0.4, 0.5) is 26.3 Å². The van der Waals surface area contributed by atoms with Gasteiger partial charge in [-0.05, 0) is 104 Å². The topological polar surface area (TPSA) is 33.6 Å². The van der Waals surface area contributed by atoms with E-state index >= 15 is 0 Å². The summed E-state index contributed by atoms with van der Waals surface area (Å²) in [6.45, 7) is 25.5. The summed E-state index contributed by atoms with van der Waals surface area (Å²) in [5.41, 5.74) is 4.01. The minimum atomic E-state index is -5.09. The normalized spacial score (nSPS) is 13.5. The molecule has 3 nitrogen and oxygen atoms in total. The smallest absolute Gasteiger partial charge is 0.307 e. The molecule has 0 spiro atoms. The van der Waals surface area contributed by atoms with Crippen molar-refractivity contribution in [2.45, 2.75) is 117 Å². The zero-order valence-electron chi connectivity index (χ0n) is 38.4. The summed E-state index contributed by atoms with van der Waals surface area (Å²) in [6, 6.07) is 32.4. The van der Waals surface area contributed by atoms with Crippen LogP contribution in [0.3, 0.4) is 0 Å². The number of rotatable bonds is 3. The Morgan fingerprint density at radius 2 is 0.672 bits per heavy atom. The van der Waals surface area contributed by atoms with E-state index in [2.05, 4.69) is 171 Å². The third kappa shape index (κ3) is 7.73. The number of alkyl halides is 6. The van der Waals surface area contributed by atoms with E-state index in [4.69, 9.17) is 0 Å². The van der Waals surface area contributed by atoms with Gasteiger partial charge in [-0.25, -0.2) is 0 Å². The van der Waals surface area contributed by atoms with Crippen molar-refractivity contribution >= 4 is 43.6 Å². The fraction of sp³-hybridized carbons (Fsp3) is 0.327. The number of nitriles is 1. The molecule has 0 radical (unpaired) electrons. The molecule has 0 atom stereocenters. The molecule has 0 aliphatic heterocycles. The van der Waals surface area contributed by atoms with Gasteiger partial charge in [0, 0.05) is 27.1 Å². The van der Waals surface area contributed by atoms with Crippen molar-refractivity contribution in [3.63, 3.8) is 0 Å². The largest absolute Gasteiger partial charge is 0.416 e. The Morgan fingerprint density at radius 3 is 0.938 bits per heavy atom. The van der Waals surface area contributed by atoms with Gasteiger partial charge in [-0.1, -0.05) is 132 Å². The highest BCUT2D eigenvalue weighted by molar-refractivity contribution is 6.12. The van der Waals surface area contributed by atoms with E-state index in [0.29, 0.717) is 23.5 Å². The van der Waals surface area contributed by atoms with E-state index in [9.17, 15) is 31.6 Å². The SMILES string of the molecule is CC(C)(C)c1ccc2c3ccc(C(C)(C)C)cc3n(-c3cc(C#N)c(-c4cc(C(F)(F)F)cc(C(F)(F)F)c4)cc3-n3c4cc(C(C)(C)C)ccc4c4ccc(C(C)(C)C)cc43)c2c1. The number of nitrogens with zero attached hydrogens (tertiary/aromatic N) is 3. The Hall–Kier alpha value is -6.01. The molecule has 8 rings (SSSR count). The molecule has 0 amide bonds. The van der Waals surface area contributed by atoms with Gasteiger partial charge in [0.25, 0.3) is 0 Å². The monoisotopic (exact) mass is 869 g/mol. The number of fused-ring (bicyclic) bond motifs is 6. The van der Waals surface area contributed by atoms with E-state index in [1.807, 2.05) is 0 Å². The maximum atomic E-state index is 14.5. The van der Waals surface area contributed by atoms with Crippen LogP contribution in [-0.2, 0) is 34.0 Å². The van der Waals surface area contributed by atoms with Crippen molar-refractivity contribution < 1.29 is 26.3 Å². The second-order valence-electron chi connectivity index (χ2n) is 21.4. The average Bonchev–Trinajstić information content (AvgIpc) is 3.69. The summed E-state index contributed by atoms with van der Waals surface area (Å²) in [5, 5.41) is 14.7. The maximum absolute atomic E-state index is 14.5. The molecule has 2 aromatic heterocycles. The van der Waals surface area contributed by atoms with Gasteiger partial charge >= 0.3 is 12.4 Å². The predicted molar refractivity (Wildman–Crippen MR) is 250 cm³/mol. The van der Waals surface area contributed by atoms with Crippen molar-refractivity contribution in [2.75, 3.05) is 0 Å². The van der Waals surface area contributed by atoms with Crippen LogP contribution in [0.15, 0.2) is 103 Å². The molecule has 0 fully saturated rings. The summed E-state index contributed by atoms with van der Waals surface area (Å²) < 4.78 is 91.2. The Balaban J connectivity index is 1.65. The van der Waals surface area contributed by atoms with Crippen molar-refractivity contribution in [1.29, 1.82) is 5.26 Å². The summed E-state index contributed by atoms with van der Waals surface area (Å²) in [4.78, 5) is 0. The van der Waals surface area contributed by atoms with Gasteiger partial charge in [0.2, 0.25) is 0 Å². The molecule has 2 heterocycles. The van der Waals surface area contributed by atoms with Crippen LogP contribution in [-0.4, -0.2) is 9.13 Å². The molecule has 0 saturated carbocycles. The van der Waals surface area contributed by atoms with Gasteiger partial charge in [0.1, 0.15) is 0 Å². The first-order valence-corrected chi connectivity index (χ1v) is 21.5. The number of halogens is 6. The molecular formula is C55H53F6N3. The number of hydrogen-bond donors (Lipinski definition) is 0. The third-order valence-corrected chi connectivity index (χ3v) is 12.6. The zero-order chi connectivity index (χ0) is 46.9. The zero-order valence-corrected chi connectivity index (χ0v) is 38.4. The lowest BCUT2D eigenvalue weighted by atomic mass is 9.86. The molecule has 0 saturated heterocycles. The van der Waals surface area contributed by atoms with Crippen LogP contribution in [0.1, 0.15) is 122 Å². The number of benzene rings is 6. The maximum Gasteiger partial charge on any atom is 0.416 e. The van der Waals surface area contributed by atoms with Gasteiger partial charge in [0.15, 0.2) is 0 Å². The summed E-state index contributed by atoms with van der Waals surface area (Å²) in [5.74, 6) is 0. The Bertz CT molecular complexity index is 3050. The van der Waals surface area contributed by atoms with Gasteiger partial charge < -0.3 is 9.13 Å². The lowest BCUT2D eigenvalue weighted by Crippen LogP contribution is -2.13. The lowest BCUT2D eigenvalue weighted by molar-refractivity contribution is -0.143.